The molecule has 0 fully saturated rings. The van der Waals surface area contributed by atoms with Gasteiger partial charge in [0.25, 0.3) is 0 Å². The molecule has 0 aromatic heterocycles. The van der Waals surface area contributed by atoms with E-state index in [-0.39, 0.29) is 18.8 Å². The van der Waals surface area contributed by atoms with E-state index in [9.17, 15) is 9.59 Å². The van der Waals surface area contributed by atoms with Gasteiger partial charge in [-0.25, -0.2) is 0 Å². The monoisotopic (exact) mass is 252 g/mol. The first-order chi connectivity index (χ1) is 8.62. The number of esters is 1. The Hall–Kier alpha value is -2.04. The van der Waals surface area contributed by atoms with Crippen LogP contribution in [0.5, 0.6) is 11.5 Å². The molecule has 0 heterocycles. The summed E-state index contributed by atoms with van der Waals surface area (Å²) in [6.07, 6.45) is -0.308. The molecular formula is C13H16O5. The fourth-order valence-corrected chi connectivity index (χ4v) is 1.47. The Morgan fingerprint density at radius 1 is 1.17 bits per heavy atom. The molecule has 1 rings (SSSR count). The van der Waals surface area contributed by atoms with Crippen molar-refractivity contribution < 1.29 is 23.8 Å². The van der Waals surface area contributed by atoms with E-state index in [4.69, 9.17) is 14.2 Å². The lowest BCUT2D eigenvalue weighted by Gasteiger charge is -2.09. The summed E-state index contributed by atoms with van der Waals surface area (Å²) in [5, 5.41) is 0. The van der Waals surface area contributed by atoms with E-state index in [1.165, 1.54) is 14.2 Å². The van der Waals surface area contributed by atoms with Gasteiger partial charge in [-0.2, -0.15) is 0 Å². The van der Waals surface area contributed by atoms with Gasteiger partial charge in [0.05, 0.1) is 26.4 Å². The van der Waals surface area contributed by atoms with Crippen molar-refractivity contribution in [2.75, 3.05) is 20.8 Å². The lowest BCUT2D eigenvalue weighted by atomic mass is 10.1. The zero-order valence-electron chi connectivity index (χ0n) is 10.7. The van der Waals surface area contributed by atoms with Crippen molar-refractivity contribution in [2.45, 2.75) is 13.3 Å². The molecule has 0 unspecified atom stereocenters. The van der Waals surface area contributed by atoms with Crippen LogP contribution in [0.15, 0.2) is 18.2 Å². The maximum atomic E-state index is 11.9. The highest BCUT2D eigenvalue weighted by Gasteiger charge is 2.17. The number of carbonyl (C=O) groups is 2. The van der Waals surface area contributed by atoms with Crippen LogP contribution in [0.1, 0.15) is 23.7 Å². The molecule has 1 aromatic rings. The lowest BCUT2D eigenvalue weighted by Crippen LogP contribution is -2.12. The molecule has 1 aromatic carbocycles. The lowest BCUT2D eigenvalue weighted by molar-refractivity contribution is -0.141. The van der Waals surface area contributed by atoms with Gasteiger partial charge in [0.1, 0.15) is 17.9 Å². The van der Waals surface area contributed by atoms with Crippen molar-refractivity contribution >= 4 is 11.8 Å². The van der Waals surface area contributed by atoms with E-state index in [1.807, 2.05) is 0 Å². The molecule has 5 heteroatoms. The average molecular weight is 252 g/mol. The number of ketones is 1. The molecular weight excluding hydrogens is 236 g/mol. The molecule has 0 bridgehead atoms. The Morgan fingerprint density at radius 2 is 1.89 bits per heavy atom. The number of Topliss-reactive ketones (excluding diaryl/α,β-unsaturated/α-hetero) is 1. The van der Waals surface area contributed by atoms with Crippen LogP contribution < -0.4 is 9.47 Å². The maximum absolute atomic E-state index is 11.9. The zero-order chi connectivity index (χ0) is 13.5. The van der Waals surface area contributed by atoms with Crippen LogP contribution in [0, 0.1) is 0 Å². The Balaban J connectivity index is 2.92. The first-order valence-corrected chi connectivity index (χ1v) is 5.53. The summed E-state index contributed by atoms with van der Waals surface area (Å²) in [6.45, 7) is 1.94. The molecule has 0 aliphatic rings. The maximum Gasteiger partial charge on any atom is 0.313 e. The van der Waals surface area contributed by atoms with Gasteiger partial charge in [0.2, 0.25) is 0 Å². The first kappa shape index (κ1) is 14.0. The fraction of sp³-hybridized carbons (Fsp3) is 0.385. The van der Waals surface area contributed by atoms with E-state index in [0.29, 0.717) is 17.1 Å². The largest absolute Gasteiger partial charge is 0.497 e. The number of hydrogen-bond donors (Lipinski definition) is 0. The van der Waals surface area contributed by atoms with Crippen LogP contribution in [0.3, 0.4) is 0 Å². The fourth-order valence-electron chi connectivity index (χ4n) is 1.47. The van der Waals surface area contributed by atoms with E-state index < -0.39 is 5.97 Å². The molecule has 0 spiro atoms. The average Bonchev–Trinajstić information content (AvgIpc) is 2.38. The first-order valence-electron chi connectivity index (χ1n) is 5.53. The van der Waals surface area contributed by atoms with Gasteiger partial charge in [-0.05, 0) is 25.1 Å². The van der Waals surface area contributed by atoms with E-state index in [0.717, 1.165) is 0 Å². The van der Waals surface area contributed by atoms with Crippen LogP contribution in [0.2, 0.25) is 0 Å². The summed E-state index contributed by atoms with van der Waals surface area (Å²) >= 11 is 0. The predicted molar refractivity (Wildman–Crippen MR) is 65.1 cm³/mol. The Labute approximate surface area is 106 Å². The second-order valence-electron chi connectivity index (χ2n) is 3.47. The highest BCUT2D eigenvalue weighted by atomic mass is 16.5. The molecule has 0 N–H and O–H groups in total. The van der Waals surface area contributed by atoms with Crippen molar-refractivity contribution in [1.29, 1.82) is 0 Å². The quantitative estimate of drug-likeness (QED) is 0.439. The summed E-state index contributed by atoms with van der Waals surface area (Å²) < 4.78 is 14.8. The number of carbonyl (C=O) groups excluding carboxylic acids is 2. The third-order valence-electron chi connectivity index (χ3n) is 2.32. The summed E-state index contributed by atoms with van der Waals surface area (Å²) in [5.41, 5.74) is 0.310. The minimum atomic E-state index is -0.549. The SMILES string of the molecule is CCOC(=O)CC(=O)c1cc(OC)ccc1OC. The number of methoxy groups -OCH3 is 2. The Kier molecular flexibility index (Phi) is 5.17. The molecule has 0 radical (unpaired) electrons. The molecule has 0 saturated heterocycles. The standard InChI is InChI=1S/C13H16O5/c1-4-18-13(15)8-11(14)10-7-9(16-2)5-6-12(10)17-3/h5-7H,4,8H2,1-3H3. The summed E-state index contributed by atoms with van der Waals surface area (Å²) in [4.78, 5) is 23.2. The van der Waals surface area contributed by atoms with Gasteiger partial charge < -0.3 is 14.2 Å². The molecule has 0 amide bonds. The summed E-state index contributed by atoms with van der Waals surface area (Å²) in [5.74, 6) is 0.0321. The second kappa shape index (κ2) is 6.64. The van der Waals surface area contributed by atoms with E-state index >= 15 is 0 Å². The van der Waals surface area contributed by atoms with Crippen LogP contribution in [0.4, 0.5) is 0 Å². The van der Waals surface area contributed by atoms with Gasteiger partial charge in [-0.3, -0.25) is 9.59 Å². The summed E-state index contributed by atoms with van der Waals surface area (Å²) in [6, 6.07) is 4.84. The highest BCUT2D eigenvalue weighted by Crippen LogP contribution is 2.25. The molecule has 0 aliphatic heterocycles. The third kappa shape index (κ3) is 3.48. The normalized spacial score (nSPS) is 9.72. The second-order valence-corrected chi connectivity index (χ2v) is 3.47. The predicted octanol–water partition coefficient (Wildman–Crippen LogP) is 1.84. The summed E-state index contributed by atoms with van der Waals surface area (Å²) in [7, 11) is 2.96. The zero-order valence-corrected chi connectivity index (χ0v) is 10.7. The Bertz CT molecular complexity index is 439. The van der Waals surface area contributed by atoms with E-state index in [2.05, 4.69) is 0 Å². The van der Waals surface area contributed by atoms with Gasteiger partial charge >= 0.3 is 5.97 Å². The van der Waals surface area contributed by atoms with Gasteiger partial charge in [0, 0.05) is 0 Å². The molecule has 98 valence electrons. The molecule has 0 atom stereocenters. The molecule has 5 nitrogen and oxygen atoms in total. The molecule has 0 aliphatic carbocycles. The minimum Gasteiger partial charge on any atom is -0.497 e. The minimum absolute atomic E-state index is 0.251. The van der Waals surface area contributed by atoms with E-state index in [1.54, 1.807) is 25.1 Å². The molecule has 0 saturated carbocycles. The van der Waals surface area contributed by atoms with Crippen molar-refractivity contribution in [3.63, 3.8) is 0 Å². The Morgan fingerprint density at radius 3 is 2.44 bits per heavy atom. The van der Waals surface area contributed by atoms with Gasteiger partial charge in [0.15, 0.2) is 5.78 Å². The molecule has 18 heavy (non-hydrogen) atoms. The van der Waals surface area contributed by atoms with Gasteiger partial charge in [-0.1, -0.05) is 0 Å². The van der Waals surface area contributed by atoms with Crippen molar-refractivity contribution in [2.24, 2.45) is 0 Å². The van der Waals surface area contributed by atoms with Crippen LogP contribution >= 0.6 is 0 Å². The van der Waals surface area contributed by atoms with Crippen LogP contribution in [0.25, 0.3) is 0 Å². The number of ether oxygens (including phenoxy) is 3. The number of rotatable bonds is 6. The van der Waals surface area contributed by atoms with Crippen molar-refractivity contribution in [1.82, 2.24) is 0 Å². The van der Waals surface area contributed by atoms with Gasteiger partial charge in [-0.15, -0.1) is 0 Å². The van der Waals surface area contributed by atoms with Crippen molar-refractivity contribution in [3.8, 4) is 11.5 Å². The topological polar surface area (TPSA) is 61.8 Å². The van der Waals surface area contributed by atoms with Crippen LogP contribution in [-0.2, 0) is 9.53 Å². The third-order valence-corrected chi connectivity index (χ3v) is 2.32. The number of benzene rings is 1. The van der Waals surface area contributed by atoms with Crippen molar-refractivity contribution in [3.05, 3.63) is 23.8 Å². The number of hydrogen-bond acceptors (Lipinski definition) is 5. The highest BCUT2D eigenvalue weighted by molar-refractivity contribution is 6.07. The van der Waals surface area contributed by atoms with Crippen LogP contribution in [-0.4, -0.2) is 32.6 Å². The smallest absolute Gasteiger partial charge is 0.313 e.